The molecule has 8 nitrogen and oxygen atoms in total. The van der Waals surface area contributed by atoms with Gasteiger partial charge in [0.25, 0.3) is 5.69 Å². The number of hydrogen-bond acceptors (Lipinski definition) is 6. The number of hydrazone groups is 1. The van der Waals surface area contributed by atoms with E-state index in [4.69, 9.17) is 11.6 Å². The number of non-ortho nitro benzene ring substituents is 1. The van der Waals surface area contributed by atoms with Crippen molar-refractivity contribution in [1.82, 2.24) is 4.31 Å². The first kappa shape index (κ1) is 21.8. The van der Waals surface area contributed by atoms with Crippen molar-refractivity contribution < 1.29 is 13.3 Å². The van der Waals surface area contributed by atoms with E-state index in [1.54, 1.807) is 39.0 Å². The first-order valence-electron chi connectivity index (χ1n) is 8.55. The van der Waals surface area contributed by atoms with Gasteiger partial charge in [0.15, 0.2) is 0 Å². The van der Waals surface area contributed by atoms with Gasteiger partial charge < -0.3 is 0 Å². The monoisotopic (exact) mass is 424 g/mol. The lowest BCUT2D eigenvalue weighted by atomic mass is 10.1. The molecule has 2 aromatic rings. The van der Waals surface area contributed by atoms with Crippen LogP contribution >= 0.6 is 11.6 Å². The van der Waals surface area contributed by atoms with Gasteiger partial charge in [-0.3, -0.25) is 15.5 Å². The van der Waals surface area contributed by atoms with Crippen molar-refractivity contribution in [3.63, 3.8) is 0 Å². The average Bonchev–Trinajstić information content (AvgIpc) is 2.66. The largest absolute Gasteiger partial charge is 0.277 e. The van der Waals surface area contributed by atoms with Gasteiger partial charge in [0.2, 0.25) is 10.0 Å². The third kappa shape index (κ3) is 4.86. The molecule has 0 unspecified atom stereocenters. The van der Waals surface area contributed by atoms with Gasteiger partial charge in [-0.15, -0.1) is 0 Å². The molecule has 0 amide bonds. The molecule has 0 spiro atoms. The van der Waals surface area contributed by atoms with Crippen LogP contribution in [0.3, 0.4) is 0 Å². The van der Waals surface area contributed by atoms with Gasteiger partial charge in [-0.1, -0.05) is 37.6 Å². The highest BCUT2D eigenvalue weighted by Gasteiger charge is 2.27. The third-order valence-corrected chi connectivity index (χ3v) is 6.41. The molecule has 0 aliphatic carbocycles. The minimum absolute atomic E-state index is 0.152. The summed E-state index contributed by atoms with van der Waals surface area (Å²) < 4.78 is 27.1. The molecule has 0 aliphatic rings. The smallest absolute Gasteiger partial charge is 0.270 e. The number of nitrogens with one attached hydrogen (secondary N) is 1. The van der Waals surface area contributed by atoms with E-state index in [1.807, 2.05) is 6.07 Å². The topological polar surface area (TPSA) is 105 Å². The maximum atomic E-state index is 12.9. The van der Waals surface area contributed by atoms with Crippen LogP contribution in [0.15, 0.2) is 52.5 Å². The van der Waals surface area contributed by atoms with Crippen LogP contribution in [-0.2, 0) is 10.0 Å². The van der Waals surface area contributed by atoms with E-state index in [0.29, 0.717) is 10.7 Å². The Hall–Kier alpha value is -2.49. The van der Waals surface area contributed by atoms with Crippen molar-refractivity contribution in [1.29, 1.82) is 0 Å². The van der Waals surface area contributed by atoms with E-state index < -0.39 is 14.9 Å². The van der Waals surface area contributed by atoms with Crippen molar-refractivity contribution in [2.75, 3.05) is 18.5 Å². The Morgan fingerprint density at radius 1 is 1.21 bits per heavy atom. The summed E-state index contributed by atoms with van der Waals surface area (Å²) in [5.41, 5.74) is 3.90. The number of hydrogen-bond donors (Lipinski definition) is 1. The standard InChI is InChI=1S/C18H21ClN4O4S/c1-4-22(5-2)28(26,27)18-12-16(23(24)25)9-10-17(18)21-20-13(3)14-7-6-8-15(19)11-14/h6-12,21H,4-5H2,1-3H3/b20-13+. The summed E-state index contributed by atoms with van der Waals surface area (Å²) in [6.07, 6.45) is 0. The maximum absolute atomic E-state index is 12.9. The van der Waals surface area contributed by atoms with Gasteiger partial charge in [0.05, 0.1) is 16.3 Å². The molecule has 0 heterocycles. The zero-order valence-corrected chi connectivity index (χ0v) is 17.3. The Labute approximate surface area is 169 Å². The van der Waals surface area contributed by atoms with Crippen molar-refractivity contribution in [3.8, 4) is 0 Å². The summed E-state index contributed by atoms with van der Waals surface area (Å²) in [6, 6.07) is 10.7. The molecular weight excluding hydrogens is 404 g/mol. The summed E-state index contributed by atoms with van der Waals surface area (Å²) >= 11 is 5.98. The van der Waals surface area contributed by atoms with E-state index in [9.17, 15) is 18.5 Å². The molecule has 28 heavy (non-hydrogen) atoms. The van der Waals surface area contributed by atoms with Crippen molar-refractivity contribution >= 4 is 38.7 Å². The molecule has 0 saturated heterocycles. The molecule has 0 bridgehead atoms. The summed E-state index contributed by atoms with van der Waals surface area (Å²) in [5, 5.41) is 15.9. The summed E-state index contributed by atoms with van der Waals surface area (Å²) in [4.78, 5) is 10.3. The van der Waals surface area contributed by atoms with E-state index in [0.717, 1.165) is 11.6 Å². The van der Waals surface area contributed by atoms with Gasteiger partial charge in [0, 0.05) is 30.2 Å². The fourth-order valence-electron chi connectivity index (χ4n) is 2.56. The van der Waals surface area contributed by atoms with Gasteiger partial charge >= 0.3 is 0 Å². The molecule has 0 saturated carbocycles. The summed E-state index contributed by atoms with van der Waals surface area (Å²) in [5.74, 6) is 0. The number of sulfonamides is 1. The quantitative estimate of drug-likeness (QED) is 0.390. The first-order chi connectivity index (χ1) is 13.2. The van der Waals surface area contributed by atoms with Crippen LogP contribution in [0, 0.1) is 10.1 Å². The second-order valence-electron chi connectivity index (χ2n) is 5.85. The second-order valence-corrected chi connectivity index (χ2v) is 8.19. The molecule has 0 aromatic heterocycles. The SMILES string of the molecule is CCN(CC)S(=O)(=O)c1cc([N+](=O)[O-])ccc1N/N=C(\C)c1cccc(Cl)c1. The lowest BCUT2D eigenvalue weighted by Crippen LogP contribution is -2.31. The Bertz CT molecular complexity index is 1000. The third-order valence-electron chi connectivity index (χ3n) is 4.09. The van der Waals surface area contributed by atoms with Crippen molar-refractivity contribution in [2.24, 2.45) is 5.10 Å². The maximum Gasteiger partial charge on any atom is 0.270 e. The lowest BCUT2D eigenvalue weighted by molar-refractivity contribution is -0.385. The highest BCUT2D eigenvalue weighted by molar-refractivity contribution is 7.89. The van der Waals surface area contributed by atoms with Gasteiger partial charge in [0.1, 0.15) is 4.90 Å². The number of nitro benzene ring substituents is 1. The molecule has 2 aromatic carbocycles. The molecule has 0 radical (unpaired) electrons. The molecular formula is C18H21ClN4O4S. The zero-order valence-electron chi connectivity index (χ0n) is 15.7. The molecule has 1 N–H and O–H groups in total. The zero-order chi connectivity index (χ0) is 20.9. The van der Waals surface area contributed by atoms with Gasteiger partial charge in [-0.25, -0.2) is 8.42 Å². The Kier molecular flexibility index (Phi) is 7.11. The highest BCUT2D eigenvalue weighted by Crippen LogP contribution is 2.29. The minimum atomic E-state index is -3.93. The van der Waals surface area contributed by atoms with Crippen molar-refractivity contribution in [2.45, 2.75) is 25.7 Å². The number of benzene rings is 2. The van der Waals surface area contributed by atoms with Gasteiger partial charge in [-0.05, 0) is 30.7 Å². The highest BCUT2D eigenvalue weighted by atomic mass is 35.5. The van der Waals surface area contributed by atoms with Crippen LogP contribution < -0.4 is 5.43 Å². The molecule has 10 heteroatoms. The molecule has 0 aliphatic heterocycles. The normalized spacial score (nSPS) is 12.2. The number of nitrogens with zero attached hydrogens (tertiary/aromatic N) is 3. The Morgan fingerprint density at radius 3 is 2.46 bits per heavy atom. The predicted octanol–water partition coefficient (Wildman–Crippen LogP) is 4.11. The number of rotatable bonds is 8. The first-order valence-corrected chi connectivity index (χ1v) is 10.4. The van der Waals surface area contributed by atoms with Crippen LogP contribution in [0.4, 0.5) is 11.4 Å². The fraction of sp³-hybridized carbons (Fsp3) is 0.278. The minimum Gasteiger partial charge on any atom is -0.277 e. The predicted molar refractivity (Wildman–Crippen MR) is 110 cm³/mol. The summed E-state index contributed by atoms with van der Waals surface area (Å²) in [7, 11) is -3.93. The number of halogens is 1. The van der Waals surface area contributed by atoms with E-state index in [-0.39, 0.29) is 29.4 Å². The van der Waals surface area contributed by atoms with Crippen molar-refractivity contribution in [3.05, 3.63) is 63.2 Å². The Morgan fingerprint density at radius 2 is 1.89 bits per heavy atom. The second kappa shape index (κ2) is 9.13. The van der Waals surface area contributed by atoms with Crippen LogP contribution in [0.1, 0.15) is 26.3 Å². The molecule has 0 fully saturated rings. The van der Waals surface area contributed by atoms with E-state index >= 15 is 0 Å². The summed E-state index contributed by atoms with van der Waals surface area (Å²) in [6.45, 7) is 5.63. The van der Waals surface area contributed by atoms with Crippen LogP contribution in [0.25, 0.3) is 0 Å². The van der Waals surface area contributed by atoms with Gasteiger partial charge in [-0.2, -0.15) is 9.41 Å². The Balaban J connectivity index is 2.49. The number of anilines is 1. The van der Waals surface area contributed by atoms with Crippen LogP contribution in [0.2, 0.25) is 5.02 Å². The van der Waals surface area contributed by atoms with E-state index in [2.05, 4.69) is 10.5 Å². The van der Waals surface area contributed by atoms with Crippen LogP contribution in [-0.4, -0.2) is 36.4 Å². The molecule has 0 atom stereocenters. The van der Waals surface area contributed by atoms with E-state index in [1.165, 1.54) is 16.4 Å². The molecule has 150 valence electrons. The average molecular weight is 425 g/mol. The van der Waals surface area contributed by atoms with Crippen LogP contribution in [0.5, 0.6) is 0 Å². The molecule has 2 rings (SSSR count). The lowest BCUT2D eigenvalue weighted by Gasteiger charge is -2.20. The fourth-order valence-corrected chi connectivity index (χ4v) is 4.36. The number of nitro groups is 1.